The van der Waals surface area contributed by atoms with Crippen LogP contribution in [0.2, 0.25) is 0 Å². The van der Waals surface area contributed by atoms with Gasteiger partial charge in [0.2, 0.25) is 0 Å². The van der Waals surface area contributed by atoms with Gasteiger partial charge in [0.1, 0.15) is 24.4 Å². The Hall–Kier alpha value is -0.660. The quantitative estimate of drug-likeness (QED) is 0.280. The van der Waals surface area contributed by atoms with Crippen LogP contribution in [-0.2, 0) is 23.7 Å². The Labute approximate surface area is 262 Å². The van der Waals surface area contributed by atoms with E-state index in [9.17, 15) is 25.5 Å². The molecule has 0 aromatic rings. The summed E-state index contributed by atoms with van der Waals surface area (Å²) in [7, 11) is 1.48. The number of hydrogen-bond donors (Lipinski definition) is 5. The number of ether oxygens (including phenoxy) is 5. The van der Waals surface area contributed by atoms with Gasteiger partial charge >= 0.3 is 0 Å². The summed E-state index contributed by atoms with van der Waals surface area (Å²) in [6.07, 6.45) is 2.40. The largest absolute Gasteiger partial charge is 0.390 e. The third-order valence-electron chi connectivity index (χ3n) is 13.3. The van der Waals surface area contributed by atoms with Crippen LogP contribution in [-0.4, -0.2) is 106 Å². The Balaban J connectivity index is 1.13. The van der Waals surface area contributed by atoms with E-state index in [1.54, 1.807) is 13.8 Å². The predicted molar refractivity (Wildman–Crippen MR) is 160 cm³/mol. The summed E-state index contributed by atoms with van der Waals surface area (Å²) in [6, 6.07) is 0. The molecule has 0 bridgehead atoms. The van der Waals surface area contributed by atoms with Gasteiger partial charge in [-0.05, 0) is 95.3 Å². The van der Waals surface area contributed by atoms with Crippen LogP contribution < -0.4 is 0 Å². The number of aliphatic hydroxyl groups excluding tert-OH is 4. The van der Waals surface area contributed by atoms with Gasteiger partial charge in [-0.3, -0.25) is 0 Å². The number of aliphatic hydroxyl groups is 5. The molecule has 5 N–H and O–H groups in total. The van der Waals surface area contributed by atoms with Crippen molar-refractivity contribution in [2.75, 3.05) is 7.11 Å². The molecule has 4 aliphatic carbocycles. The Morgan fingerprint density at radius 1 is 0.909 bits per heavy atom. The lowest BCUT2D eigenvalue weighted by atomic mass is 9.45. The van der Waals surface area contributed by atoms with E-state index < -0.39 is 60.9 Å². The van der Waals surface area contributed by atoms with Gasteiger partial charge in [-0.2, -0.15) is 0 Å². The fourth-order valence-corrected chi connectivity index (χ4v) is 10.5. The Bertz CT molecular complexity index is 1060. The second-order valence-electron chi connectivity index (χ2n) is 15.4. The van der Waals surface area contributed by atoms with Crippen molar-refractivity contribution in [2.24, 2.45) is 28.6 Å². The van der Waals surface area contributed by atoms with E-state index in [0.29, 0.717) is 5.92 Å². The molecule has 44 heavy (non-hydrogen) atoms. The Morgan fingerprint density at radius 3 is 2.34 bits per heavy atom. The summed E-state index contributed by atoms with van der Waals surface area (Å²) < 4.78 is 29.8. The highest BCUT2D eigenvalue weighted by atomic mass is 16.7. The van der Waals surface area contributed by atoms with Crippen LogP contribution in [0.5, 0.6) is 0 Å². The number of hydrogen-bond acceptors (Lipinski definition) is 10. The van der Waals surface area contributed by atoms with Crippen LogP contribution in [0.25, 0.3) is 0 Å². The number of methoxy groups -OCH3 is 1. The zero-order valence-electron chi connectivity index (χ0n) is 27.3. The van der Waals surface area contributed by atoms with Gasteiger partial charge in [-0.25, -0.2) is 0 Å². The first kappa shape index (κ1) is 33.2. The normalized spacial score (nSPS) is 55.0. The van der Waals surface area contributed by atoms with E-state index in [-0.39, 0.29) is 41.3 Å². The predicted octanol–water partition coefficient (Wildman–Crippen LogP) is 2.81. The lowest BCUT2D eigenvalue weighted by Crippen LogP contribution is -2.61. The van der Waals surface area contributed by atoms with Crippen LogP contribution in [0.3, 0.4) is 0 Å². The molecular weight excluding hydrogens is 568 g/mol. The molecule has 6 rings (SSSR count). The molecule has 0 aromatic heterocycles. The SMILES string of the molecule is CO[C@H]1[C@@H](O)[C@@H](C)O[C@@H](O[C@H]2CC[C@@]3(C)C(=CC[C@@H]4[C@@H]3CC[C@]3(C)[C@@H](C(C)O[C@H]5C[C@@H](O)[C@H](O)[C@@H](C)O5)CC[C@]43O)C2)[C@@H]1O. The van der Waals surface area contributed by atoms with Crippen molar-refractivity contribution < 1.29 is 49.2 Å². The molecule has 2 aliphatic heterocycles. The fourth-order valence-electron chi connectivity index (χ4n) is 10.5. The zero-order valence-corrected chi connectivity index (χ0v) is 27.3. The first-order valence-electron chi connectivity index (χ1n) is 17.0. The topological polar surface area (TPSA) is 147 Å². The molecule has 0 radical (unpaired) electrons. The standard InChI is InChI=1S/C34H56O10/c1-17(41-26-16-25(35)27(36)18(2)42-26)22-11-14-34(39)24-8-7-20-15-21(9-12-32(20,4)23(24)10-13-33(22,34)5)44-31-29(38)30(40-6)28(37)19(3)43-31/h7,17-19,21-31,35-39H,8-16H2,1-6H3/t17?,18-,19-,21+,22-,23+,24-,25-,26-,27-,28+,29-,30+,31+,32+,33-,34+/m1/s1. The van der Waals surface area contributed by atoms with Gasteiger partial charge in [0.05, 0.1) is 36.1 Å². The first-order valence-corrected chi connectivity index (χ1v) is 17.0. The average molecular weight is 625 g/mol. The third-order valence-corrected chi connectivity index (χ3v) is 13.3. The first-order chi connectivity index (χ1) is 20.7. The maximum absolute atomic E-state index is 12.6. The molecule has 0 spiro atoms. The van der Waals surface area contributed by atoms with Crippen molar-refractivity contribution in [1.29, 1.82) is 0 Å². The number of allylic oxidation sites excluding steroid dienone is 1. The summed E-state index contributed by atoms with van der Waals surface area (Å²) in [6.45, 7) is 10.2. The molecule has 2 heterocycles. The molecule has 6 aliphatic rings. The number of fused-ring (bicyclic) bond motifs is 5. The summed E-state index contributed by atoms with van der Waals surface area (Å²) in [5.41, 5.74) is 0.286. The summed E-state index contributed by atoms with van der Waals surface area (Å²) in [5, 5.41) is 54.1. The van der Waals surface area contributed by atoms with Gasteiger partial charge in [0, 0.05) is 18.9 Å². The lowest BCUT2D eigenvalue weighted by molar-refractivity contribution is -0.309. The monoisotopic (exact) mass is 624 g/mol. The molecule has 2 saturated heterocycles. The van der Waals surface area contributed by atoms with Gasteiger partial charge in [-0.15, -0.1) is 0 Å². The maximum atomic E-state index is 12.6. The van der Waals surface area contributed by atoms with Crippen molar-refractivity contribution in [3.05, 3.63) is 11.6 Å². The Kier molecular flexibility index (Phi) is 9.14. The minimum Gasteiger partial charge on any atom is -0.390 e. The highest BCUT2D eigenvalue weighted by Crippen LogP contribution is 2.68. The van der Waals surface area contributed by atoms with E-state index in [2.05, 4.69) is 26.8 Å². The average Bonchev–Trinajstić information content (AvgIpc) is 3.26. The summed E-state index contributed by atoms with van der Waals surface area (Å²) in [4.78, 5) is 0. The third kappa shape index (κ3) is 5.24. The Morgan fingerprint density at radius 2 is 1.64 bits per heavy atom. The van der Waals surface area contributed by atoms with E-state index in [4.69, 9.17) is 23.7 Å². The van der Waals surface area contributed by atoms with E-state index in [1.807, 2.05) is 0 Å². The lowest BCUT2D eigenvalue weighted by Gasteiger charge is -2.61. The van der Waals surface area contributed by atoms with E-state index in [1.165, 1.54) is 12.7 Å². The highest BCUT2D eigenvalue weighted by molar-refractivity contribution is 5.28. The van der Waals surface area contributed by atoms with E-state index in [0.717, 1.165) is 51.4 Å². The van der Waals surface area contributed by atoms with Crippen LogP contribution in [0.15, 0.2) is 11.6 Å². The maximum Gasteiger partial charge on any atom is 0.186 e. The van der Waals surface area contributed by atoms with Crippen LogP contribution in [0.1, 0.15) is 92.4 Å². The smallest absolute Gasteiger partial charge is 0.186 e. The van der Waals surface area contributed by atoms with Crippen molar-refractivity contribution in [3.63, 3.8) is 0 Å². The van der Waals surface area contributed by atoms with E-state index >= 15 is 0 Å². The van der Waals surface area contributed by atoms with Crippen molar-refractivity contribution in [1.82, 2.24) is 0 Å². The summed E-state index contributed by atoms with van der Waals surface area (Å²) in [5.74, 6) is 0.707. The van der Waals surface area contributed by atoms with Gasteiger partial charge in [-0.1, -0.05) is 25.5 Å². The van der Waals surface area contributed by atoms with Crippen molar-refractivity contribution in [3.8, 4) is 0 Å². The molecule has 1 unspecified atom stereocenters. The molecule has 0 amide bonds. The van der Waals surface area contributed by atoms with Gasteiger partial charge < -0.3 is 49.2 Å². The molecule has 0 aromatic carbocycles. The van der Waals surface area contributed by atoms with Crippen LogP contribution in [0.4, 0.5) is 0 Å². The molecule has 252 valence electrons. The minimum absolute atomic E-state index is 0.0202. The molecular formula is C34H56O10. The molecule has 10 heteroatoms. The number of rotatable bonds is 6. The summed E-state index contributed by atoms with van der Waals surface area (Å²) >= 11 is 0. The fraction of sp³-hybridized carbons (Fsp3) is 0.941. The molecule has 10 nitrogen and oxygen atoms in total. The van der Waals surface area contributed by atoms with Gasteiger partial charge in [0.15, 0.2) is 12.6 Å². The zero-order chi connectivity index (χ0) is 31.8. The minimum atomic E-state index is -1.07. The molecule has 3 saturated carbocycles. The van der Waals surface area contributed by atoms with Gasteiger partial charge in [0.25, 0.3) is 0 Å². The van der Waals surface area contributed by atoms with Crippen LogP contribution in [0, 0.1) is 28.6 Å². The second kappa shape index (κ2) is 12.1. The molecule has 5 fully saturated rings. The highest BCUT2D eigenvalue weighted by Gasteiger charge is 2.67. The second-order valence-corrected chi connectivity index (χ2v) is 15.4. The van der Waals surface area contributed by atoms with Crippen LogP contribution >= 0.6 is 0 Å². The molecule has 17 atom stereocenters. The van der Waals surface area contributed by atoms with Crippen molar-refractivity contribution in [2.45, 2.75) is 166 Å². The van der Waals surface area contributed by atoms with Crippen molar-refractivity contribution >= 4 is 0 Å².